The summed E-state index contributed by atoms with van der Waals surface area (Å²) in [6.07, 6.45) is 0. The van der Waals surface area contributed by atoms with Crippen molar-refractivity contribution in [1.82, 2.24) is 10.2 Å². The van der Waals surface area contributed by atoms with Gasteiger partial charge in [0.25, 0.3) is 10.0 Å². The van der Waals surface area contributed by atoms with E-state index in [-0.39, 0.29) is 10.7 Å². The smallest absolute Gasteiger partial charge is 0.263 e. The minimum absolute atomic E-state index is 0.202. The molecule has 0 atom stereocenters. The van der Waals surface area contributed by atoms with Crippen LogP contribution in [0.15, 0.2) is 35.2 Å². The Morgan fingerprint density at radius 3 is 2.50 bits per heavy atom. The van der Waals surface area contributed by atoms with Crippen LogP contribution < -0.4 is 9.62 Å². The van der Waals surface area contributed by atoms with Gasteiger partial charge in [0.1, 0.15) is 0 Å². The second-order valence-corrected chi connectivity index (χ2v) is 7.40. The first-order valence-corrected chi connectivity index (χ1v) is 9.20. The van der Waals surface area contributed by atoms with E-state index in [0.717, 1.165) is 18.7 Å². The van der Waals surface area contributed by atoms with Crippen LogP contribution in [0.5, 0.6) is 0 Å². The second-order valence-electron chi connectivity index (χ2n) is 5.75. The van der Waals surface area contributed by atoms with Gasteiger partial charge in [-0.3, -0.25) is 4.72 Å². The largest absolute Gasteiger partial charge is 0.378 e. The lowest BCUT2D eigenvalue weighted by Crippen LogP contribution is -2.36. The first-order valence-electron chi connectivity index (χ1n) is 7.72. The van der Waals surface area contributed by atoms with Gasteiger partial charge in [-0.15, -0.1) is 10.2 Å². The third-order valence-corrected chi connectivity index (χ3v) is 5.35. The molecule has 8 heteroatoms. The highest BCUT2D eigenvalue weighted by Gasteiger charge is 2.19. The lowest BCUT2D eigenvalue weighted by molar-refractivity contribution is 0.122. The minimum atomic E-state index is -3.69. The van der Waals surface area contributed by atoms with Gasteiger partial charge in [-0.1, -0.05) is 12.1 Å². The molecule has 1 N–H and O–H groups in total. The van der Waals surface area contributed by atoms with E-state index in [1.165, 1.54) is 0 Å². The van der Waals surface area contributed by atoms with Gasteiger partial charge in [-0.2, -0.15) is 0 Å². The number of aromatic nitrogens is 2. The van der Waals surface area contributed by atoms with E-state index in [4.69, 9.17) is 4.74 Å². The van der Waals surface area contributed by atoms with Crippen molar-refractivity contribution in [2.75, 3.05) is 35.9 Å². The highest BCUT2D eigenvalue weighted by molar-refractivity contribution is 7.92. The third kappa shape index (κ3) is 3.65. The fraction of sp³-hybridized carbons (Fsp3) is 0.375. The first kappa shape index (κ1) is 16.7. The lowest BCUT2D eigenvalue weighted by atomic mass is 10.2. The van der Waals surface area contributed by atoms with Crippen LogP contribution in [-0.4, -0.2) is 44.9 Å². The van der Waals surface area contributed by atoms with Gasteiger partial charge in [0.15, 0.2) is 11.6 Å². The number of sulfonamides is 1. The van der Waals surface area contributed by atoms with Crippen molar-refractivity contribution < 1.29 is 13.2 Å². The van der Waals surface area contributed by atoms with Crippen molar-refractivity contribution in [3.8, 4) is 0 Å². The monoisotopic (exact) mass is 348 g/mol. The van der Waals surface area contributed by atoms with Crippen LogP contribution >= 0.6 is 0 Å². The molecule has 1 fully saturated rings. The standard InChI is InChI=1S/C16H20N4O3S/c1-12-3-4-13(2)14(11-12)24(21,22)19-15-5-6-16(18-17-15)20-7-9-23-10-8-20/h3-6,11H,7-10H2,1-2H3,(H,17,19). The van der Waals surface area contributed by atoms with Crippen molar-refractivity contribution in [1.29, 1.82) is 0 Å². The number of nitrogens with zero attached hydrogens (tertiary/aromatic N) is 3. The number of rotatable bonds is 4. The predicted octanol–water partition coefficient (Wildman–Crippen LogP) is 1.73. The molecule has 0 aliphatic carbocycles. The van der Waals surface area contributed by atoms with E-state index in [1.54, 1.807) is 31.2 Å². The highest BCUT2D eigenvalue weighted by Crippen LogP contribution is 2.20. The number of aryl methyl sites for hydroxylation is 2. The summed E-state index contributed by atoms with van der Waals surface area (Å²) in [5.41, 5.74) is 1.57. The predicted molar refractivity (Wildman–Crippen MR) is 91.8 cm³/mol. The number of benzene rings is 1. The lowest BCUT2D eigenvalue weighted by Gasteiger charge is -2.27. The zero-order valence-electron chi connectivity index (χ0n) is 13.7. The Kier molecular flexibility index (Phi) is 4.68. The molecule has 0 saturated carbocycles. The normalized spacial score (nSPS) is 15.3. The summed E-state index contributed by atoms with van der Waals surface area (Å²) in [7, 11) is -3.69. The van der Waals surface area contributed by atoms with E-state index < -0.39 is 10.0 Å². The van der Waals surface area contributed by atoms with Crippen molar-refractivity contribution in [3.05, 3.63) is 41.5 Å². The Balaban J connectivity index is 1.78. The molecule has 1 saturated heterocycles. The van der Waals surface area contributed by atoms with Gasteiger partial charge >= 0.3 is 0 Å². The Morgan fingerprint density at radius 2 is 1.83 bits per heavy atom. The summed E-state index contributed by atoms with van der Waals surface area (Å²) < 4.78 is 32.9. The Bertz CT molecular complexity index is 816. The van der Waals surface area contributed by atoms with Crippen LogP contribution in [-0.2, 0) is 14.8 Å². The summed E-state index contributed by atoms with van der Waals surface area (Å²) in [6.45, 7) is 6.44. The molecule has 0 spiro atoms. The molecule has 0 amide bonds. The summed E-state index contributed by atoms with van der Waals surface area (Å²) >= 11 is 0. The summed E-state index contributed by atoms with van der Waals surface area (Å²) in [5, 5.41) is 8.11. The molecule has 0 radical (unpaired) electrons. The van der Waals surface area contributed by atoms with E-state index >= 15 is 0 Å². The van der Waals surface area contributed by atoms with Gasteiger partial charge in [0.2, 0.25) is 0 Å². The number of hydrogen-bond acceptors (Lipinski definition) is 6. The molecule has 1 aromatic heterocycles. The summed E-state index contributed by atoms with van der Waals surface area (Å²) in [4.78, 5) is 2.31. The average molecular weight is 348 g/mol. The van der Waals surface area contributed by atoms with Crippen LogP contribution in [0.25, 0.3) is 0 Å². The molecular formula is C16H20N4O3S. The molecule has 3 rings (SSSR count). The van der Waals surface area contributed by atoms with Crippen molar-refractivity contribution in [3.63, 3.8) is 0 Å². The van der Waals surface area contributed by atoms with E-state index in [0.29, 0.717) is 24.6 Å². The number of nitrogens with one attached hydrogen (secondary N) is 1. The third-order valence-electron chi connectivity index (χ3n) is 3.86. The van der Waals surface area contributed by atoms with Gasteiger partial charge in [-0.05, 0) is 43.2 Å². The molecule has 128 valence electrons. The number of anilines is 2. The number of morpholine rings is 1. The molecule has 24 heavy (non-hydrogen) atoms. The summed E-state index contributed by atoms with van der Waals surface area (Å²) in [6, 6.07) is 8.70. The average Bonchev–Trinajstić information content (AvgIpc) is 2.58. The van der Waals surface area contributed by atoms with Crippen LogP contribution in [0.3, 0.4) is 0 Å². The van der Waals surface area contributed by atoms with E-state index in [1.807, 2.05) is 13.0 Å². The van der Waals surface area contributed by atoms with Crippen LogP contribution in [0.2, 0.25) is 0 Å². The quantitative estimate of drug-likeness (QED) is 0.906. The zero-order valence-corrected chi connectivity index (χ0v) is 14.5. The van der Waals surface area contributed by atoms with Crippen molar-refractivity contribution in [2.45, 2.75) is 18.7 Å². The van der Waals surface area contributed by atoms with Gasteiger partial charge in [-0.25, -0.2) is 8.42 Å². The Labute approximate surface area is 141 Å². The molecule has 1 aliphatic heterocycles. The minimum Gasteiger partial charge on any atom is -0.378 e. The van der Waals surface area contributed by atoms with Crippen LogP contribution in [0.4, 0.5) is 11.6 Å². The maximum Gasteiger partial charge on any atom is 0.263 e. The molecule has 2 aromatic rings. The molecule has 2 heterocycles. The van der Waals surface area contributed by atoms with Crippen molar-refractivity contribution in [2.24, 2.45) is 0 Å². The maximum atomic E-state index is 12.6. The molecular weight excluding hydrogens is 328 g/mol. The summed E-state index contributed by atoms with van der Waals surface area (Å²) in [5.74, 6) is 0.917. The highest BCUT2D eigenvalue weighted by atomic mass is 32.2. The molecule has 1 aliphatic rings. The van der Waals surface area contributed by atoms with Crippen LogP contribution in [0, 0.1) is 13.8 Å². The molecule has 7 nitrogen and oxygen atoms in total. The second kappa shape index (κ2) is 6.74. The maximum absolute atomic E-state index is 12.6. The fourth-order valence-electron chi connectivity index (χ4n) is 2.53. The van der Waals surface area contributed by atoms with Gasteiger partial charge in [0.05, 0.1) is 18.1 Å². The van der Waals surface area contributed by atoms with E-state index in [2.05, 4.69) is 19.8 Å². The topological polar surface area (TPSA) is 84.4 Å². The first-order chi connectivity index (χ1) is 11.5. The Hall–Kier alpha value is -2.19. The Morgan fingerprint density at radius 1 is 1.08 bits per heavy atom. The fourth-order valence-corrected chi connectivity index (χ4v) is 3.86. The number of ether oxygens (including phenoxy) is 1. The number of hydrogen-bond donors (Lipinski definition) is 1. The molecule has 0 unspecified atom stereocenters. The van der Waals surface area contributed by atoms with Crippen molar-refractivity contribution >= 4 is 21.7 Å². The zero-order chi connectivity index (χ0) is 17.2. The SMILES string of the molecule is Cc1ccc(C)c(S(=O)(=O)Nc2ccc(N3CCOCC3)nn2)c1. The molecule has 1 aromatic carbocycles. The van der Waals surface area contributed by atoms with Crippen LogP contribution in [0.1, 0.15) is 11.1 Å². The van der Waals surface area contributed by atoms with Gasteiger partial charge in [0, 0.05) is 13.1 Å². The molecule has 0 bridgehead atoms. The van der Waals surface area contributed by atoms with Gasteiger partial charge < -0.3 is 9.64 Å². The van der Waals surface area contributed by atoms with E-state index in [9.17, 15) is 8.42 Å².